The highest BCUT2D eigenvalue weighted by molar-refractivity contribution is 4.94. The molecule has 0 bridgehead atoms. The van der Waals surface area contributed by atoms with E-state index in [1.54, 1.807) is 0 Å². The number of nitrogens with two attached hydrogens (primary N) is 2. The first-order chi connectivity index (χ1) is 7.09. The zero-order chi connectivity index (χ0) is 12.6. The van der Waals surface area contributed by atoms with Gasteiger partial charge >= 0.3 is 0 Å². The van der Waals surface area contributed by atoms with Crippen LogP contribution in [0, 0.1) is 0 Å². The highest BCUT2D eigenvalue weighted by Crippen LogP contribution is 2.27. The van der Waals surface area contributed by atoms with E-state index in [-0.39, 0.29) is 17.1 Å². The first-order valence-corrected chi connectivity index (χ1v) is 5.70. The molecule has 1 rings (SSSR count). The summed E-state index contributed by atoms with van der Waals surface area (Å²) in [5.74, 6) is 0. The van der Waals surface area contributed by atoms with E-state index < -0.39 is 0 Å². The normalized spacial score (nSPS) is 15.2. The van der Waals surface area contributed by atoms with Gasteiger partial charge in [0.15, 0.2) is 0 Å². The van der Waals surface area contributed by atoms with Crippen LogP contribution in [0.15, 0.2) is 18.7 Å². The molecule has 0 aliphatic rings. The summed E-state index contributed by atoms with van der Waals surface area (Å²) in [5, 5.41) is 0. The third-order valence-electron chi connectivity index (χ3n) is 2.73. The van der Waals surface area contributed by atoms with E-state index in [4.69, 9.17) is 11.5 Å². The summed E-state index contributed by atoms with van der Waals surface area (Å²) in [5.41, 5.74) is 11.8. The molecule has 4 heteroatoms. The molecule has 0 saturated carbocycles. The average molecular weight is 225 g/mol. The SMILES string of the molecule is C[n+]1ccn(C(CC(C)(C)N)C(C)(C)N)c1. The molecular formula is C12H25N4+. The van der Waals surface area contributed by atoms with Gasteiger partial charge in [-0.1, -0.05) is 0 Å². The Labute approximate surface area is 98.2 Å². The molecule has 0 aliphatic heterocycles. The van der Waals surface area contributed by atoms with Gasteiger partial charge in [0.05, 0.1) is 12.6 Å². The van der Waals surface area contributed by atoms with E-state index in [2.05, 4.69) is 4.57 Å². The van der Waals surface area contributed by atoms with E-state index in [1.807, 2.05) is 58.0 Å². The van der Waals surface area contributed by atoms with Crippen molar-refractivity contribution in [3.05, 3.63) is 18.7 Å². The fourth-order valence-electron chi connectivity index (χ4n) is 1.90. The molecule has 1 aromatic rings. The maximum absolute atomic E-state index is 6.24. The van der Waals surface area contributed by atoms with Crippen molar-refractivity contribution in [2.45, 2.75) is 51.2 Å². The molecule has 1 atom stereocenters. The minimum absolute atomic E-state index is 0.202. The Morgan fingerprint density at radius 3 is 2.12 bits per heavy atom. The van der Waals surface area contributed by atoms with Crippen LogP contribution in [0.5, 0.6) is 0 Å². The Kier molecular flexibility index (Phi) is 3.45. The van der Waals surface area contributed by atoms with Gasteiger partial charge in [-0.3, -0.25) is 0 Å². The Morgan fingerprint density at radius 2 is 1.81 bits per heavy atom. The zero-order valence-electron chi connectivity index (χ0n) is 11.1. The molecule has 1 heterocycles. The number of aryl methyl sites for hydroxylation is 1. The molecule has 1 aromatic heterocycles. The minimum Gasteiger partial charge on any atom is -0.325 e. The van der Waals surface area contributed by atoms with Crippen molar-refractivity contribution in [1.82, 2.24) is 4.57 Å². The first-order valence-electron chi connectivity index (χ1n) is 5.70. The molecule has 1 unspecified atom stereocenters. The summed E-state index contributed by atoms with van der Waals surface area (Å²) < 4.78 is 4.16. The fraction of sp³-hybridized carbons (Fsp3) is 0.750. The van der Waals surface area contributed by atoms with E-state index in [9.17, 15) is 0 Å². The van der Waals surface area contributed by atoms with Crippen LogP contribution in [0.1, 0.15) is 40.2 Å². The summed E-state index contributed by atoms with van der Waals surface area (Å²) in [7, 11) is 2.00. The van der Waals surface area contributed by atoms with Gasteiger partial charge in [-0.25, -0.2) is 9.13 Å². The van der Waals surface area contributed by atoms with Gasteiger partial charge in [0, 0.05) is 12.0 Å². The van der Waals surface area contributed by atoms with Crippen molar-refractivity contribution >= 4 is 0 Å². The quantitative estimate of drug-likeness (QED) is 0.742. The van der Waals surface area contributed by atoms with E-state index in [1.165, 1.54) is 0 Å². The van der Waals surface area contributed by atoms with Crippen molar-refractivity contribution in [2.24, 2.45) is 18.5 Å². The molecule has 0 fully saturated rings. The van der Waals surface area contributed by atoms with E-state index in [0.29, 0.717) is 0 Å². The van der Waals surface area contributed by atoms with Gasteiger partial charge in [0.1, 0.15) is 18.4 Å². The van der Waals surface area contributed by atoms with Crippen LogP contribution in [0.25, 0.3) is 0 Å². The zero-order valence-corrected chi connectivity index (χ0v) is 11.1. The molecule has 0 spiro atoms. The second kappa shape index (κ2) is 4.18. The van der Waals surface area contributed by atoms with Gasteiger partial charge in [-0.2, -0.15) is 0 Å². The van der Waals surface area contributed by atoms with Crippen molar-refractivity contribution < 1.29 is 4.57 Å². The van der Waals surface area contributed by atoms with Crippen LogP contribution in [0.4, 0.5) is 0 Å². The average Bonchev–Trinajstić information content (AvgIpc) is 2.43. The second-order valence-electron chi connectivity index (χ2n) is 6.06. The molecule has 0 amide bonds. The molecule has 0 aromatic carbocycles. The van der Waals surface area contributed by atoms with Crippen LogP contribution in [-0.2, 0) is 7.05 Å². The van der Waals surface area contributed by atoms with Gasteiger partial charge in [-0.15, -0.1) is 0 Å². The third kappa shape index (κ3) is 3.61. The highest BCUT2D eigenvalue weighted by atomic mass is 15.1. The Morgan fingerprint density at radius 1 is 1.25 bits per heavy atom. The first kappa shape index (κ1) is 13.2. The lowest BCUT2D eigenvalue weighted by Gasteiger charge is -2.32. The molecule has 0 aliphatic carbocycles. The van der Waals surface area contributed by atoms with Gasteiger partial charge in [0.2, 0.25) is 6.33 Å². The minimum atomic E-state index is -0.289. The number of hydrogen-bond donors (Lipinski definition) is 2. The summed E-state index contributed by atoms with van der Waals surface area (Å²) >= 11 is 0. The molecule has 4 nitrogen and oxygen atoms in total. The lowest BCUT2D eigenvalue weighted by atomic mass is 9.85. The van der Waals surface area contributed by atoms with Gasteiger partial charge in [0.25, 0.3) is 0 Å². The maximum atomic E-state index is 6.24. The van der Waals surface area contributed by atoms with Crippen LogP contribution in [0.3, 0.4) is 0 Å². The van der Waals surface area contributed by atoms with Crippen molar-refractivity contribution in [3.8, 4) is 0 Å². The summed E-state index contributed by atoms with van der Waals surface area (Å²) in [6.07, 6.45) is 6.96. The number of hydrogen-bond acceptors (Lipinski definition) is 2. The summed E-state index contributed by atoms with van der Waals surface area (Å²) in [6, 6.07) is 0.202. The summed E-state index contributed by atoms with van der Waals surface area (Å²) in [4.78, 5) is 0. The monoisotopic (exact) mass is 225 g/mol. The van der Waals surface area contributed by atoms with Crippen LogP contribution >= 0.6 is 0 Å². The number of rotatable bonds is 4. The maximum Gasteiger partial charge on any atom is 0.243 e. The predicted octanol–water partition coefficient (Wildman–Crippen LogP) is 0.718. The lowest BCUT2D eigenvalue weighted by molar-refractivity contribution is -0.671. The topological polar surface area (TPSA) is 60.8 Å². The fourth-order valence-corrected chi connectivity index (χ4v) is 1.90. The largest absolute Gasteiger partial charge is 0.325 e. The smallest absolute Gasteiger partial charge is 0.243 e. The van der Waals surface area contributed by atoms with Crippen molar-refractivity contribution in [2.75, 3.05) is 0 Å². The molecular weight excluding hydrogens is 200 g/mol. The number of imidazole rings is 1. The molecule has 4 N–H and O–H groups in total. The second-order valence-corrected chi connectivity index (χ2v) is 6.06. The van der Waals surface area contributed by atoms with Crippen LogP contribution in [-0.4, -0.2) is 15.6 Å². The van der Waals surface area contributed by atoms with Crippen molar-refractivity contribution in [3.63, 3.8) is 0 Å². The van der Waals surface area contributed by atoms with E-state index >= 15 is 0 Å². The van der Waals surface area contributed by atoms with Gasteiger partial charge in [-0.05, 0) is 27.7 Å². The highest BCUT2D eigenvalue weighted by Gasteiger charge is 2.34. The molecule has 0 saturated heterocycles. The van der Waals surface area contributed by atoms with Crippen molar-refractivity contribution in [1.29, 1.82) is 0 Å². The lowest BCUT2D eigenvalue weighted by Crippen LogP contribution is -2.47. The molecule has 16 heavy (non-hydrogen) atoms. The van der Waals surface area contributed by atoms with Crippen LogP contribution < -0.4 is 16.0 Å². The summed E-state index contributed by atoms with van der Waals surface area (Å²) in [6.45, 7) is 8.16. The van der Waals surface area contributed by atoms with Crippen LogP contribution in [0.2, 0.25) is 0 Å². The molecule has 0 radical (unpaired) electrons. The number of nitrogens with zero attached hydrogens (tertiary/aromatic N) is 2. The van der Waals surface area contributed by atoms with Gasteiger partial charge < -0.3 is 11.5 Å². The molecule has 92 valence electrons. The predicted molar refractivity (Wildman–Crippen MR) is 65.8 cm³/mol. The standard InChI is InChI=1S/C12H25N4/c1-11(2,13)8-10(12(3,4)14)16-7-6-15(5)9-16/h6-7,9-10H,8,13-14H2,1-5H3/q+1. The Balaban J connectivity index is 2.98. The number of aromatic nitrogens is 2. The third-order valence-corrected chi connectivity index (χ3v) is 2.73. The Hall–Kier alpha value is -0.870. The Bertz CT molecular complexity index is 341. The van der Waals surface area contributed by atoms with E-state index in [0.717, 1.165) is 6.42 Å².